The number of amides is 2. The van der Waals surface area contributed by atoms with Gasteiger partial charge in [0.25, 0.3) is 0 Å². The molecule has 2 aromatic carbocycles. The number of carbonyl (C=O) groups excluding carboxylic acids is 2. The highest BCUT2D eigenvalue weighted by Gasteiger charge is 2.29. The fraction of sp³-hybridized carbons (Fsp3) is 0.370. The summed E-state index contributed by atoms with van der Waals surface area (Å²) in [6, 6.07) is 15.0. The van der Waals surface area contributed by atoms with Crippen LogP contribution in [0.5, 0.6) is 0 Å². The molecule has 0 fully saturated rings. The normalized spacial score (nSPS) is 13.4. The zero-order valence-electron chi connectivity index (χ0n) is 19.9. The van der Waals surface area contributed by atoms with Crippen LogP contribution in [0.1, 0.15) is 43.7 Å². The first kappa shape index (κ1) is 25.8. The smallest absolute Gasteiger partial charge is 0.407 e. The van der Waals surface area contributed by atoms with E-state index in [2.05, 4.69) is 34.6 Å². The van der Waals surface area contributed by atoms with Gasteiger partial charge in [0, 0.05) is 25.5 Å². The van der Waals surface area contributed by atoms with Crippen molar-refractivity contribution in [2.24, 2.45) is 0 Å². The summed E-state index contributed by atoms with van der Waals surface area (Å²) >= 11 is 0. The Hall–Kier alpha value is -3.83. The van der Waals surface area contributed by atoms with E-state index in [0.29, 0.717) is 6.61 Å². The Kier molecular flexibility index (Phi) is 9.27. The molecular formula is C27H30N2O6. The Labute approximate surface area is 205 Å². The second-order valence-electron chi connectivity index (χ2n) is 8.08. The third-order valence-corrected chi connectivity index (χ3v) is 5.75. The van der Waals surface area contributed by atoms with Crippen molar-refractivity contribution in [1.82, 2.24) is 10.6 Å². The highest BCUT2D eigenvalue weighted by Crippen LogP contribution is 2.44. The van der Waals surface area contributed by atoms with Crippen molar-refractivity contribution in [2.75, 3.05) is 19.8 Å². The average molecular weight is 479 g/mol. The van der Waals surface area contributed by atoms with Crippen molar-refractivity contribution in [1.29, 1.82) is 0 Å². The molecule has 2 unspecified atom stereocenters. The predicted molar refractivity (Wildman–Crippen MR) is 131 cm³/mol. The number of nitrogens with one attached hydrogen (secondary N) is 2. The number of carbonyl (C=O) groups is 3. The van der Waals surface area contributed by atoms with E-state index in [4.69, 9.17) is 9.47 Å². The third-order valence-electron chi connectivity index (χ3n) is 5.75. The van der Waals surface area contributed by atoms with Gasteiger partial charge in [-0.25, -0.2) is 9.59 Å². The Bertz CT molecular complexity index is 1070. The lowest BCUT2D eigenvalue weighted by Crippen LogP contribution is -2.43. The number of carboxylic acid groups (broad SMARTS) is 1. The third kappa shape index (κ3) is 6.84. The molecule has 184 valence electrons. The maximum atomic E-state index is 12.4. The van der Waals surface area contributed by atoms with Gasteiger partial charge in [-0.15, -0.1) is 11.8 Å². The zero-order chi connectivity index (χ0) is 25.2. The zero-order valence-corrected chi connectivity index (χ0v) is 19.9. The SMILES string of the molecule is CC#CCC(NC(=O)CC(CNC(=O)OCC1c2ccccc2-c2ccccc21)OCC)C(=O)O. The van der Waals surface area contributed by atoms with Gasteiger partial charge in [0.2, 0.25) is 5.91 Å². The molecule has 0 saturated carbocycles. The number of hydrogen-bond donors (Lipinski definition) is 3. The standard InChI is InChI=1S/C27H30N2O6/c1-3-5-14-24(26(31)32)29-25(30)15-18(34-4-2)16-28-27(33)35-17-23-21-12-8-6-10-19(21)20-11-7-9-13-22(20)23/h6-13,18,23-24H,4,14-17H2,1-2H3,(H,28,33)(H,29,30)(H,31,32). The van der Waals surface area contributed by atoms with Crippen LogP contribution in [0.4, 0.5) is 4.79 Å². The predicted octanol–water partition coefficient (Wildman–Crippen LogP) is 3.30. The molecule has 2 aromatic rings. The van der Waals surface area contributed by atoms with Crippen molar-refractivity contribution in [3.8, 4) is 23.0 Å². The molecule has 3 N–H and O–H groups in total. The highest BCUT2D eigenvalue weighted by molar-refractivity contribution is 5.84. The molecule has 0 aromatic heterocycles. The molecule has 1 aliphatic rings. The maximum Gasteiger partial charge on any atom is 0.407 e. The highest BCUT2D eigenvalue weighted by atomic mass is 16.5. The summed E-state index contributed by atoms with van der Waals surface area (Å²) < 4.78 is 11.1. The van der Waals surface area contributed by atoms with Gasteiger partial charge in [-0.3, -0.25) is 4.79 Å². The minimum atomic E-state index is -1.16. The Balaban J connectivity index is 1.52. The van der Waals surface area contributed by atoms with Gasteiger partial charge in [-0.2, -0.15) is 0 Å². The van der Waals surface area contributed by atoms with E-state index in [0.717, 1.165) is 22.3 Å². The van der Waals surface area contributed by atoms with E-state index in [9.17, 15) is 19.5 Å². The molecule has 2 amide bonds. The topological polar surface area (TPSA) is 114 Å². The van der Waals surface area contributed by atoms with Crippen LogP contribution in [0.15, 0.2) is 48.5 Å². The molecule has 0 heterocycles. The Morgan fingerprint density at radius 3 is 2.26 bits per heavy atom. The molecule has 8 nitrogen and oxygen atoms in total. The summed E-state index contributed by atoms with van der Waals surface area (Å²) in [5, 5.41) is 14.3. The number of hydrogen-bond acceptors (Lipinski definition) is 5. The van der Waals surface area contributed by atoms with Crippen LogP contribution < -0.4 is 10.6 Å². The minimum Gasteiger partial charge on any atom is -0.480 e. The maximum absolute atomic E-state index is 12.4. The fourth-order valence-electron chi connectivity index (χ4n) is 4.14. The van der Waals surface area contributed by atoms with Crippen molar-refractivity contribution >= 4 is 18.0 Å². The summed E-state index contributed by atoms with van der Waals surface area (Å²) in [5.74, 6) is 3.55. The van der Waals surface area contributed by atoms with Crippen LogP contribution in [0.2, 0.25) is 0 Å². The average Bonchev–Trinajstić information content (AvgIpc) is 3.17. The molecule has 2 atom stereocenters. The van der Waals surface area contributed by atoms with E-state index in [1.54, 1.807) is 13.8 Å². The van der Waals surface area contributed by atoms with Gasteiger partial charge in [0.1, 0.15) is 12.6 Å². The summed E-state index contributed by atoms with van der Waals surface area (Å²) in [7, 11) is 0. The fourth-order valence-corrected chi connectivity index (χ4v) is 4.14. The van der Waals surface area contributed by atoms with Gasteiger partial charge in [-0.05, 0) is 36.1 Å². The van der Waals surface area contributed by atoms with Gasteiger partial charge in [0.05, 0.1) is 12.5 Å². The summed E-state index contributed by atoms with van der Waals surface area (Å²) in [6.45, 7) is 3.92. The second kappa shape index (κ2) is 12.6. The first-order valence-corrected chi connectivity index (χ1v) is 11.6. The number of fused-ring (bicyclic) bond motifs is 3. The van der Waals surface area contributed by atoms with E-state index in [1.165, 1.54) is 0 Å². The molecule has 0 aliphatic heterocycles. The Morgan fingerprint density at radius 1 is 1.06 bits per heavy atom. The van der Waals surface area contributed by atoms with Crippen LogP contribution in [0.3, 0.4) is 0 Å². The lowest BCUT2D eigenvalue weighted by atomic mass is 9.98. The largest absolute Gasteiger partial charge is 0.480 e. The summed E-state index contributed by atoms with van der Waals surface area (Å²) in [4.78, 5) is 36.1. The quantitative estimate of drug-likeness (QED) is 0.427. The van der Waals surface area contributed by atoms with Crippen LogP contribution in [-0.4, -0.2) is 55.0 Å². The summed E-state index contributed by atoms with van der Waals surface area (Å²) in [5.41, 5.74) is 4.52. The number of benzene rings is 2. The number of rotatable bonds is 11. The first-order chi connectivity index (χ1) is 16.9. The molecule has 35 heavy (non-hydrogen) atoms. The van der Waals surface area contributed by atoms with Crippen molar-refractivity contribution in [2.45, 2.75) is 44.8 Å². The van der Waals surface area contributed by atoms with Gasteiger partial charge >= 0.3 is 12.1 Å². The van der Waals surface area contributed by atoms with Crippen LogP contribution in [-0.2, 0) is 19.1 Å². The van der Waals surface area contributed by atoms with Gasteiger partial charge < -0.3 is 25.2 Å². The molecule has 3 rings (SSSR count). The van der Waals surface area contributed by atoms with Crippen LogP contribution in [0, 0.1) is 11.8 Å². The van der Waals surface area contributed by atoms with Crippen molar-refractivity contribution in [3.05, 3.63) is 59.7 Å². The molecule has 0 spiro atoms. The first-order valence-electron chi connectivity index (χ1n) is 11.6. The van der Waals surface area contributed by atoms with Gasteiger partial charge in [-0.1, -0.05) is 48.5 Å². The minimum absolute atomic E-state index is 0.00880. The van der Waals surface area contributed by atoms with E-state index in [1.807, 2.05) is 36.4 Å². The molecule has 1 aliphatic carbocycles. The monoisotopic (exact) mass is 478 g/mol. The lowest BCUT2D eigenvalue weighted by Gasteiger charge is -2.19. The second-order valence-corrected chi connectivity index (χ2v) is 8.08. The van der Waals surface area contributed by atoms with E-state index in [-0.39, 0.29) is 31.9 Å². The lowest BCUT2D eigenvalue weighted by molar-refractivity contribution is -0.142. The molecular weight excluding hydrogens is 448 g/mol. The number of ether oxygens (including phenoxy) is 2. The van der Waals surface area contributed by atoms with Crippen molar-refractivity contribution < 1.29 is 29.0 Å². The van der Waals surface area contributed by atoms with E-state index < -0.39 is 30.1 Å². The molecule has 0 radical (unpaired) electrons. The van der Waals surface area contributed by atoms with E-state index >= 15 is 0 Å². The number of carboxylic acids is 1. The summed E-state index contributed by atoms with van der Waals surface area (Å²) in [6.07, 6.45) is -1.35. The van der Waals surface area contributed by atoms with Crippen LogP contribution in [0.25, 0.3) is 11.1 Å². The van der Waals surface area contributed by atoms with Crippen molar-refractivity contribution in [3.63, 3.8) is 0 Å². The molecule has 8 heteroatoms. The Morgan fingerprint density at radius 2 is 1.69 bits per heavy atom. The molecule has 0 saturated heterocycles. The number of alkyl carbamates (subject to hydrolysis) is 1. The van der Waals surface area contributed by atoms with Gasteiger partial charge in [0.15, 0.2) is 0 Å². The number of aliphatic carboxylic acids is 1. The van der Waals surface area contributed by atoms with Crippen LogP contribution >= 0.6 is 0 Å². The molecule has 0 bridgehead atoms.